The Hall–Kier alpha value is -2.57. The van der Waals surface area contributed by atoms with Crippen molar-refractivity contribution in [3.8, 4) is 0 Å². The van der Waals surface area contributed by atoms with E-state index in [1.165, 1.54) is 0 Å². The summed E-state index contributed by atoms with van der Waals surface area (Å²) in [6.07, 6.45) is 4.65. The van der Waals surface area contributed by atoms with Crippen molar-refractivity contribution in [2.24, 2.45) is 5.92 Å². The number of alkyl carbamates (subject to hydrolysis) is 1. The highest BCUT2D eigenvalue weighted by atomic mass is 16.6. The Bertz CT molecular complexity index is 809. The quantitative estimate of drug-likeness (QED) is 0.771. The molecule has 0 aromatic heterocycles. The molecular formula is C23H33N3O4. The van der Waals surface area contributed by atoms with Gasteiger partial charge in [-0.15, -0.1) is 0 Å². The van der Waals surface area contributed by atoms with E-state index in [0.29, 0.717) is 24.6 Å². The fourth-order valence-electron chi connectivity index (χ4n) is 4.32. The van der Waals surface area contributed by atoms with Gasteiger partial charge < -0.3 is 20.3 Å². The number of hydrogen-bond donors (Lipinski definition) is 2. The molecule has 7 nitrogen and oxygen atoms in total. The number of nitrogens with one attached hydrogen (secondary N) is 2. The first-order chi connectivity index (χ1) is 14.1. The molecule has 2 N–H and O–H groups in total. The van der Waals surface area contributed by atoms with E-state index in [0.717, 1.165) is 43.4 Å². The molecule has 30 heavy (non-hydrogen) atoms. The average Bonchev–Trinajstić information content (AvgIpc) is 3.32. The van der Waals surface area contributed by atoms with Crippen LogP contribution in [0.5, 0.6) is 0 Å². The van der Waals surface area contributed by atoms with Gasteiger partial charge in [0.2, 0.25) is 5.91 Å². The highest BCUT2D eigenvalue weighted by Crippen LogP contribution is 2.30. The average molecular weight is 416 g/mol. The summed E-state index contributed by atoms with van der Waals surface area (Å²) in [6, 6.07) is 5.35. The molecule has 164 valence electrons. The Morgan fingerprint density at radius 1 is 1.20 bits per heavy atom. The van der Waals surface area contributed by atoms with E-state index in [1.54, 1.807) is 17.9 Å². The van der Waals surface area contributed by atoms with Crippen LogP contribution in [-0.2, 0) is 16.0 Å². The first kappa shape index (κ1) is 22.1. The maximum Gasteiger partial charge on any atom is 0.407 e. The summed E-state index contributed by atoms with van der Waals surface area (Å²) < 4.78 is 5.33. The molecule has 1 saturated carbocycles. The number of anilines is 1. The summed E-state index contributed by atoms with van der Waals surface area (Å²) in [5, 5.41) is 5.94. The van der Waals surface area contributed by atoms with E-state index >= 15 is 0 Å². The molecule has 1 fully saturated rings. The van der Waals surface area contributed by atoms with Crippen LogP contribution >= 0.6 is 0 Å². The largest absolute Gasteiger partial charge is 0.444 e. The molecule has 0 radical (unpaired) electrons. The predicted octanol–water partition coefficient (Wildman–Crippen LogP) is 3.41. The van der Waals surface area contributed by atoms with Crippen molar-refractivity contribution in [3.63, 3.8) is 0 Å². The number of nitrogens with zero attached hydrogens (tertiary/aromatic N) is 1. The minimum atomic E-state index is -0.561. The summed E-state index contributed by atoms with van der Waals surface area (Å²) >= 11 is 0. The van der Waals surface area contributed by atoms with Crippen LogP contribution in [0.25, 0.3) is 0 Å². The maximum atomic E-state index is 13.0. The lowest BCUT2D eigenvalue weighted by Gasteiger charge is -2.26. The van der Waals surface area contributed by atoms with Crippen LogP contribution in [0.4, 0.5) is 10.5 Å². The van der Waals surface area contributed by atoms with Gasteiger partial charge in [-0.2, -0.15) is 0 Å². The number of amides is 3. The Morgan fingerprint density at radius 3 is 2.53 bits per heavy atom. The summed E-state index contributed by atoms with van der Waals surface area (Å²) in [7, 11) is 0. The van der Waals surface area contributed by atoms with Crippen molar-refractivity contribution in [1.82, 2.24) is 10.6 Å². The Kier molecular flexibility index (Phi) is 6.68. The first-order valence-corrected chi connectivity index (χ1v) is 10.8. The Labute approximate surface area is 178 Å². The van der Waals surface area contributed by atoms with Gasteiger partial charge in [0.15, 0.2) is 0 Å². The van der Waals surface area contributed by atoms with Crippen LogP contribution in [0.3, 0.4) is 0 Å². The molecule has 1 atom stereocenters. The number of carbonyl (C=O) groups excluding carboxylic acids is 3. The number of rotatable bonds is 5. The molecular weight excluding hydrogens is 382 g/mol. The van der Waals surface area contributed by atoms with Crippen molar-refractivity contribution in [3.05, 3.63) is 29.3 Å². The van der Waals surface area contributed by atoms with Crippen LogP contribution in [-0.4, -0.2) is 42.6 Å². The lowest BCUT2D eigenvalue weighted by molar-refractivity contribution is -0.116. The summed E-state index contributed by atoms with van der Waals surface area (Å²) in [5.74, 6) is 0.203. The van der Waals surface area contributed by atoms with Crippen molar-refractivity contribution in [2.75, 3.05) is 18.0 Å². The molecule has 0 spiro atoms. The number of hydrogen-bond acceptors (Lipinski definition) is 4. The maximum absolute atomic E-state index is 13.0. The second kappa shape index (κ2) is 9.06. The fraction of sp³-hybridized carbons (Fsp3) is 0.609. The fourth-order valence-corrected chi connectivity index (χ4v) is 4.32. The normalized spacial score (nSPS) is 17.4. The lowest BCUT2D eigenvalue weighted by Crippen LogP contribution is -2.48. The third kappa shape index (κ3) is 5.52. The van der Waals surface area contributed by atoms with E-state index < -0.39 is 11.7 Å². The minimum Gasteiger partial charge on any atom is -0.444 e. The second-order valence-electron chi connectivity index (χ2n) is 9.27. The monoisotopic (exact) mass is 415 g/mol. The highest BCUT2D eigenvalue weighted by Gasteiger charge is 2.29. The zero-order valence-electron chi connectivity index (χ0n) is 18.4. The number of ether oxygens (including phenoxy) is 1. The van der Waals surface area contributed by atoms with Crippen LogP contribution in [0, 0.1) is 5.92 Å². The van der Waals surface area contributed by atoms with Gasteiger partial charge in [0.25, 0.3) is 5.91 Å². The molecule has 7 heteroatoms. The third-order valence-corrected chi connectivity index (χ3v) is 5.77. The van der Waals surface area contributed by atoms with Gasteiger partial charge in [0.1, 0.15) is 5.60 Å². The molecule has 0 unspecified atom stereocenters. The van der Waals surface area contributed by atoms with Crippen molar-refractivity contribution >= 4 is 23.6 Å². The van der Waals surface area contributed by atoms with Gasteiger partial charge >= 0.3 is 6.09 Å². The molecule has 1 aliphatic carbocycles. The van der Waals surface area contributed by atoms with Gasteiger partial charge in [-0.05, 0) is 69.7 Å². The van der Waals surface area contributed by atoms with Crippen molar-refractivity contribution in [1.29, 1.82) is 0 Å². The number of benzene rings is 1. The molecule has 3 amide bonds. The standard InChI is InChI=1S/C23H33N3O4/c1-15(27)26-12-11-17-13-18(9-10-20(17)26)21(28)25-19(16-7-5-6-8-16)14-24-22(29)30-23(2,3)4/h9-10,13,16,19H,5-8,11-12,14H2,1-4H3,(H,24,29)(H,25,28)/t19-/m1/s1. The SMILES string of the molecule is CC(=O)N1CCc2cc(C(=O)N[C@H](CNC(=O)OC(C)(C)C)C3CCCC3)ccc21. The second-order valence-corrected chi connectivity index (χ2v) is 9.27. The molecule has 1 aliphatic heterocycles. The summed E-state index contributed by atoms with van der Waals surface area (Å²) in [4.78, 5) is 38.5. The van der Waals surface area contributed by atoms with Crippen LogP contribution in [0.15, 0.2) is 18.2 Å². The topological polar surface area (TPSA) is 87.7 Å². The smallest absolute Gasteiger partial charge is 0.407 e. The molecule has 1 aromatic carbocycles. The lowest BCUT2D eigenvalue weighted by atomic mass is 9.97. The zero-order chi connectivity index (χ0) is 21.9. The predicted molar refractivity (Wildman–Crippen MR) is 116 cm³/mol. The van der Waals surface area contributed by atoms with Gasteiger partial charge in [0, 0.05) is 37.3 Å². The molecule has 1 aromatic rings. The molecule has 3 rings (SSSR count). The van der Waals surface area contributed by atoms with E-state index in [1.807, 2.05) is 32.9 Å². The first-order valence-electron chi connectivity index (χ1n) is 10.8. The number of carbonyl (C=O) groups is 3. The molecule has 0 saturated heterocycles. The van der Waals surface area contributed by atoms with Gasteiger partial charge in [-0.1, -0.05) is 12.8 Å². The highest BCUT2D eigenvalue weighted by molar-refractivity contribution is 5.98. The van der Waals surface area contributed by atoms with Gasteiger partial charge in [0.05, 0.1) is 0 Å². The van der Waals surface area contributed by atoms with Gasteiger partial charge in [-0.25, -0.2) is 4.79 Å². The number of fused-ring (bicyclic) bond motifs is 1. The van der Waals surface area contributed by atoms with Crippen LogP contribution in [0.1, 0.15) is 69.3 Å². The van der Waals surface area contributed by atoms with Crippen LogP contribution < -0.4 is 15.5 Å². The van der Waals surface area contributed by atoms with Gasteiger partial charge in [-0.3, -0.25) is 9.59 Å². The molecule has 1 heterocycles. The third-order valence-electron chi connectivity index (χ3n) is 5.77. The van der Waals surface area contributed by atoms with Crippen LogP contribution in [0.2, 0.25) is 0 Å². The summed E-state index contributed by atoms with van der Waals surface area (Å²) in [6.45, 7) is 8.02. The summed E-state index contributed by atoms with van der Waals surface area (Å²) in [5.41, 5.74) is 1.92. The van der Waals surface area contributed by atoms with E-state index in [9.17, 15) is 14.4 Å². The van der Waals surface area contributed by atoms with E-state index in [2.05, 4.69) is 10.6 Å². The Morgan fingerprint density at radius 2 is 1.90 bits per heavy atom. The molecule has 0 bridgehead atoms. The van der Waals surface area contributed by atoms with Crippen molar-refractivity contribution < 1.29 is 19.1 Å². The molecule has 2 aliphatic rings. The Balaban J connectivity index is 1.66. The van der Waals surface area contributed by atoms with Crippen molar-refractivity contribution in [2.45, 2.75) is 71.4 Å². The minimum absolute atomic E-state index is 0.0143. The van der Waals surface area contributed by atoms with E-state index in [4.69, 9.17) is 4.74 Å². The zero-order valence-corrected chi connectivity index (χ0v) is 18.4. The van der Waals surface area contributed by atoms with E-state index in [-0.39, 0.29) is 17.9 Å².